The van der Waals surface area contributed by atoms with Gasteiger partial charge in [-0.2, -0.15) is 0 Å². The van der Waals surface area contributed by atoms with Crippen LogP contribution in [0.4, 0.5) is 0 Å². The maximum absolute atomic E-state index is 12.4. The van der Waals surface area contributed by atoms with Crippen molar-refractivity contribution in [3.05, 3.63) is 63.4 Å². The number of aromatic amines is 1. The standard InChI is InChI=1S/C17H13ClN2O4/c1-2-23-17(22)12-9-19-13-7-8-14(20-15(13)16(12)21)24-11-5-3-10(18)4-6-11/h3-9H,2H2,1H3,(H,19,21). The molecule has 0 spiro atoms. The Morgan fingerprint density at radius 2 is 1.96 bits per heavy atom. The summed E-state index contributed by atoms with van der Waals surface area (Å²) in [5.41, 5.74) is -0.00669. The van der Waals surface area contributed by atoms with Gasteiger partial charge in [-0.1, -0.05) is 11.6 Å². The summed E-state index contributed by atoms with van der Waals surface area (Å²) in [5.74, 6) is 0.0760. The van der Waals surface area contributed by atoms with E-state index in [-0.39, 0.29) is 23.6 Å². The fourth-order valence-electron chi connectivity index (χ4n) is 2.11. The number of nitrogens with zero attached hydrogens (tertiary/aromatic N) is 1. The zero-order valence-corrected chi connectivity index (χ0v) is 13.5. The first-order chi connectivity index (χ1) is 11.6. The predicted molar refractivity (Wildman–Crippen MR) is 89.8 cm³/mol. The van der Waals surface area contributed by atoms with Crippen LogP contribution in [0.1, 0.15) is 17.3 Å². The van der Waals surface area contributed by atoms with Crippen molar-refractivity contribution in [1.82, 2.24) is 9.97 Å². The second kappa shape index (κ2) is 6.72. The molecule has 0 radical (unpaired) electrons. The van der Waals surface area contributed by atoms with Gasteiger partial charge in [-0.05, 0) is 37.3 Å². The number of aromatic nitrogens is 2. The molecule has 1 aromatic carbocycles. The third-order valence-electron chi connectivity index (χ3n) is 3.23. The van der Waals surface area contributed by atoms with Crippen molar-refractivity contribution in [3.63, 3.8) is 0 Å². The third-order valence-corrected chi connectivity index (χ3v) is 3.48. The van der Waals surface area contributed by atoms with Crippen LogP contribution in [-0.2, 0) is 4.74 Å². The summed E-state index contributed by atoms with van der Waals surface area (Å²) in [6, 6.07) is 10.0. The van der Waals surface area contributed by atoms with E-state index in [2.05, 4.69) is 9.97 Å². The first-order valence-electron chi connectivity index (χ1n) is 7.21. The van der Waals surface area contributed by atoms with Crippen molar-refractivity contribution < 1.29 is 14.3 Å². The molecule has 1 N–H and O–H groups in total. The van der Waals surface area contributed by atoms with Crippen molar-refractivity contribution in [2.24, 2.45) is 0 Å². The van der Waals surface area contributed by atoms with E-state index in [1.165, 1.54) is 6.20 Å². The van der Waals surface area contributed by atoms with Crippen molar-refractivity contribution in [3.8, 4) is 11.6 Å². The smallest absolute Gasteiger partial charge is 0.343 e. The highest BCUT2D eigenvalue weighted by atomic mass is 35.5. The van der Waals surface area contributed by atoms with Gasteiger partial charge in [0.1, 0.15) is 16.8 Å². The molecule has 0 amide bonds. The Morgan fingerprint density at radius 1 is 1.21 bits per heavy atom. The summed E-state index contributed by atoms with van der Waals surface area (Å²) in [6.07, 6.45) is 1.32. The Morgan fingerprint density at radius 3 is 2.67 bits per heavy atom. The minimum atomic E-state index is -0.688. The molecule has 6 nitrogen and oxygen atoms in total. The summed E-state index contributed by atoms with van der Waals surface area (Å²) in [4.78, 5) is 31.3. The molecule has 2 heterocycles. The molecule has 7 heteroatoms. The molecule has 0 aliphatic heterocycles. The lowest BCUT2D eigenvalue weighted by molar-refractivity contribution is 0.0524. The van der Waals surface area contributed by atoms with Crippen molar-refractivity contribution >= 4 is 28.6 Å². The van der Waals surface area contributed by atoms with Crippen LogP contribution in [0.15, 0.2) is 47.4 Å². The van der Waals surface area contributed by atoms with Crippen LogP contribution in [0, 0.1) is 0 Å². The van der Waals surface area contributed by atoms with Gasteiger partial charge in [-0.15, -0.1) is 0 Å². The molecule has 0 saturated heterocycles. The second-order valence-corrected chi connectivity index (χ2v) is 5.29. The van der Waals surface area contributed by atoms with Gasteiger partial charge < -0.3 is 14.5 Å². The first kappa shape index (κ1) is 16.0. The first-order valence-corrected chi connectivity index (χ1v) is 7.59. The van der Waals surface area contributed by atoms with Crippen LogP contribution < -0.4 is 10.2 Å². The van der Waals surface area contributed by atoms with Crippen LogP contribution in [0.2, 0.25) is 5.02 Å². The fourth-order valence-corrected chi connectivity index (χ4v) is 2.24. The molecule has 2 aromatic heterocycles. The molecule has 0 atom stereocenters. The average molecular weight is 345 g/mol. The minimum Gasteiger partial charge on any atom is -0.462 e. The van der Waals surface area contributed by atoms with Crippen molar-refractivity contribution in [2.75, 3.05) is 6.61 Å². The Labute approximate surface area is 142 Å². The molecule has 0 unspecified atom stereocenters. The van der Waals surface area contributed by atoms with Gasteiger partial charge >= 0.3 is 5.97 Å². The molecule has 122 valence electrons. The fraction of sp³-hybridized carbons (Fsp3) is 0.118. The Balaban J connectivity index is 1.99. The summed E-state index contributed by atoms with van der Waals surface area (Å²) in [7, 11) is 0. The zero-order chi connectivity index (χ0) is 17.1. The summed E-state index contributed by atoms with van der Waals surface area (Å²) < 4.78 is 10.5. The molecular weight excluding hydrogens is 332 g/mol. The molecular formula is C17H13ClN2O4. The van der Waals surface area contributed by atoms with Gasteiger partial charge in [0.25, 0.3) is 0 Å². The Bertz CT molecular complexity index is 951. The number of fused-ring (bicyclic) bond motifs is 1. The number of carbonyl (C=O) groups excluding carboxylic acids is 1. The molecule has 24 heavy (non-hydrogen) atoms. The Kier molecular flexibility index (Phi) is 4.48. The van der Waals surface area contributed by atoms with E-state index in [0.717, 1.165) is 0 Å². The zero-order valence-electron chi connectivity index (χ0n) is 12.7. The summed E-state index contributed by atoms with van der Waals surface area (Å²) in [6.45, 7) is 1.85. The van der Waals surface area contributed by atoms with Gasteiger partial charge in [0.2, 0.25) is 11.3 Å². The quantitative estimate of drug-likeness (QED) is 0.732. The number of hydrogen-bond acceptors (Lipinski definition) is 5. The molecule has 3 rings (SSSR count). The molecule has 0 bridgehead atoms. The molecule has 0 aliphatic carbocycles. The van der Waals surface area contributed by atoms with E-state index in [4.69, 9.17) is 21.1 Å². The van der Waals surface area contributed by atoms with Crippen LogP contribution >= 0.6 is 11.6 Å². The lowest BCUT2D eigenvalue weighted by Gasteiger charge is -2.07. The molecule has 3 aromatic rings. The highest BCUT2D eigenvalue weighted by Crippen LogP contribution is 2.22. The van der Waals surface area contributed by atoms with Gasteiger partial charge in [-0.25, -0.2) is 9.78 Å². The van der Waals surface area contributed by atoms with E-state index in [1.54, 1.807) is 43.3 Å². The number of carbonyl (C=O) groups is 1. The predicted octanol–water partition coefficient (Wildman–Crippen LogP) is 3.55. The number of rotatable bonds is 4. The van der Waals surface area contributed by atoms with Gasteiger partial charge in [0.05, 0.1) is 12.1 Å². The lowest BCUT2D eigenvalue weighted by atomic mass is 10.2. The lowest BCUT2D eigenvalue weighted by Crippen LogP contribution is -2.18. The van der Waals surface area contributed by atoms with E-state index < -0.39 is 11.4 Å². The van der Waals surface area contributed by atoms with E-state index in [0.29, 0.717) is 16.3 Å². The van der Waals surface area contributed by atoms with Gasteiger partial charge in [0.15, 0.2) is 0 Å². The van der Waals surface area contributed by atoms with Crippen molar-refractivity contribution in [1.29, 1.82) is 0 Å². The number of hydrogen-bond donors (Lipinski definition) is 1. The molecule has 0 saturated carbocycles. The molecule has 0 fully saturated rings. The topological polar surface area (TPSA) is 81.3 Å². The highest BCUT2D eigenvalue weighted by molar-refractivity contribution is 6.30. The minimum absolute atomic E-state index is 0.0968. The van der Waals surface area contributed by atoms with E-state index in [9.17, 15) is 9.59 Å². The SMILES string of the molecule is CCOC(=O)c1c[nH]c2ccc(Oc3ccc(Cl)cc3)nc2c1=O. The number of ether oxygens (including phenoxy) is 2. The van der Waals surface area contributed by atoms with Crippen LogP contribution in [-0.4, -0.2) is 22.5 Å². The second-order valence-electron chi connectivity index (χ2n) is 4.85. The van der Waals surface area contributed by atoms with Crippen LogP contribution in [0.25, 0.3) is 11.0 Å². The van der Waals surface area contributed by atoms with Gasteiger partial charge in [0, 0.05) is 17.3 Å². The van der Waals surface area contributed by atoms with Crippen LogP contribution in [0.3, 0.4) is 0 Å². The highest BCUT2D eigenvalue weighted by Gasteiger charge is 2.15. The van der Waals surface area contributed by atoms with Crippen LogP contribution in [0.5, 0.6) is 11.6 Å². The Hall–Kier alpha value is -2.86. The van der Waals surface area contributed by atoms with E-state index in [1.807, 2.05) is 0 Å². The normalized spacial score (nSPS) is 10.6. The number of H-pyrrole nitrogens is 1. The summed E-state index contributed by atoms with van der Waals surface area (Å²) in [5, 5.41) is 0.587. The number of benzene rings is 1. The maximum Gasteiger partial charge on any atom is 0.343 e. The third kappa shape index (κ3) is 3.23. The summed E-state index contributed by atoms with van der Waals surface area (Å²) >= 11 is 5.83. The van der Waals surface area contributed by atoms with E-state index >= 15 is 0 Å². The van der Waals surface area contributed by atoms with Gasteiger partial charge in [-0.3, -0.25) is 4.79 Å². The van der Waals surface area contributed by atoms with Crippen molar-refractivity contribution in [2.45, 2.75) is 6.92 Å². The molecule has 0 aliphatic rings. The average Bonchev–Trinajstić information content (AvgIpc) is 2.58. The number of esters is 1. The number of halogens is 1. The monoisotopic (exact) mass is 344 g/mol. The number of nitrogens with one attached hydrogen (secondary N) is 1. The largest absolute Gasteiger partial charge is 0.462 e. The maximum atomic E-state index is 12.4. The number of pyridine rings is 2.